The number of benzene rings is 4. The minimum atomic E-state index is -1.02. The van der Waals surface area contributed by atoms with E-state index in [1.54, 1.807) is 30.5 Å². The van der Waals surface area contributed by atoms with E-state index in [4.69, 9.17) is 11.6 Å². The number of hydrogen-bond donors (Lipinski definition) is 1. The van der Waals surface area contributed by atoms with Crippen LogP contribution in [0.5, 0.6) is 0 Å². The molecule has 4 aromatic rings. The van der Waals surface area contributed by atoms with Crippen LogP contribution in [0.3, 0.4) is 0 Å². The van der Waals surface area contributed by atoms with Crippen LogP contribution in [0, 0.1) is 11.8 Å². The van der Waals surface area contributed by atoms with Crippen LogP contribution in [0.25, 0.3) is 0 Å². The summed E-state index contributed by atoms with van der Waals surface area (Å²) >= 11 is 5.98. The molecular weight excluding hydrogens is 534 g/mol. The summed E-state index contributed by atoms with van der Waals surface area (Å²) in [7, 11) is 0. The summed E-state index contributed by atoms with van der Waals surface area (Å²) in [6, 6.07) is 32.6. The van der Waals surface area contributed by atoms with Crippen LogP contribution in [0.1, 0.15) is 39.3 Å². The predicted molar refractivity (Wildman–Crippen MR) is 156 cm³/mol. The number of imide groups is 1. The van der Waals surface area contributed by atoms with Crippen molar-refractivity contribution >= 4 is 35.5 Å². The normalized spacial score (nSPS) is 23.8. The predicted octanol–water partition coefficient (Wildman–Crippen LogP) is 5.23. The highest BCUT2D eigenvalue weighted by Crippen LogP contribution is 2.63. The molecular formula is C34H26ClN3O3. The third-order valence-electron chi connectivity index (χ3n) is 8.69. The van der Waals surface area contributed by atoms with Gasteiger partial charge in [-0.2, -0.15) is 5.10 Å². The molecule has 202 valence electrons. The van der Waals surface area contributed by atoms with Gasteiger partial charge in [0.15, 0.2) is 0 Å². The molecule has 1 N–H and O–H groups in total. The van der Waals surface area contributed by atoms with Gasteiger partial charge >= 0.3 is 0 Å². The molecule has 4 aliphatic rings. The highest BCUT2D eigenvalue weighted by Gasteiger charge is 2.67. The van der Waals surface area contributed by atoms with E-state index in [1.165, 1.54) is 4.90 Å². The van der Waals surface area contributed by atoms with Crippen molar-refractivity contribution in [3.05, 3.63) is 142 Å². The Morgan fingerprint density at radius 3 is 2.07 bits per heavy atom. The van der Waals surface area contributed by atoms with Crippen LogP contribution in [0.15, 0.2) is 108 Å². The summed E-state index contributed by atoms with van der Waals surface area (Å²) in [4.78, 5) is 42.6. The zero-order valence-electron chi connectivity index (χ0n) is 22.0. The number of nitrogens with zero attached hydrogens (tertiary/aromatic N) is 2. The maximum absolute atomic E-state index is 14.3. The van der Waals surface area contributed by atoms with Crippen LogP contribution < -0.4 is 5.43 Å². The van der Waals surface area contributed by atoms with E-state index >= 15 is 0 Å². The van der Waals surface area contributed by atoms with E-state index in [1.807, 2.05) is 78.9 Å². The smallest absolute Gasteiger partial charge is 0.244 e. The zero-order valence-corrected chi connectivity index (χ0v) is 22.8. The van der Waals surface area contributed by atoms with Gasteiger partial charge in [0.2, 0.25) is 17.7 Å². The molecule has 1 saturated heterocycles. The molecule has 3 amide bonds. The Labute approximate surface area is 242 Å². The lowest BCUT2D eigenvalue weighted by atomic mass is 9.47. The first-order chi connectivity index (χ1) is 20.0. The van der Waals surface area contributed by atoms with Crippen molar-refractivity contribution in [3.8, 4) is 0 Å². The Hall–Kier alpha value is -4.55. The van der Waals surface area contributed by atoms with Crippen molar-refractivity contribution in [1.82, 2.24) is 10.3 Å². The molecule has 1 aliphatic heterocycles. The first kappa shape index (κ1) is 25.4. The SMILES string of the molecule is O=C(Cc1ccc(Cl)cc1)N/N=C\C12c3ccccc3C(c3ccccc31)[C@@H]1C(=O)N(Cc3ccccc3)C(=O)[C@H]12. The van der Waals surface area contributed by atoms with Crippen LogP contribution in [0.4, 0.5) is 0 Å². The molecule has 0 aromatic heterocycles. The van der Waals surface area contributed by atoms with Gasteiger partial charge in [-0.25, -0.2) is 5.43 Å². The molecule has 1 heterocycles. The maximum Gasteiger partial charge on any atom is 0.244 e. The standard InChI is InChI=1S/C34H26ClN3O3/c35-23-16-14-21(15-17-23)18-28(39)37-36-20-34-26-12-6-4-10-24(26)29(25-11-5-7-13-27(25)34)30-31(34)33(41)38(32(30)40)19-22-8-2-1-3-9-22/h1-17,20,29-31H,18-19H2,(H,37,39)/b36-20-/t29?,30-,31-,34?/m0/s1. The second-order valence-electron chi connectivity index (χ2n) is 10.9. The molecule has 0 unspecified atom stereocenters. The van der Waals surface area contributed by atoms with Gasteiger partial charge < -0.3 is 0 Å². The summed E-state index contributed by atoms with van der Waals surface area (Å²) in [5.41, 5.74) is 7.30. The number of hydrogen-bond acceptors (Lipinski definition) is 4. The monoisotopic (exact) mass is 559 g/mol. The minimum Gasteiger partial charge on any atom is -0.278 e. The third-order valence-corrected chi connectivity index (χ3v) is 8.95. The third kappa shape index (κ3) is 3.93. The van der Waals surface area contributed by atoms with E-state index in [0.29, 0.717) is 5.02 Å². The zero-order chi connectivity index (χ0) is 28.1. The molecule has 8 rings (SSSR count). The number of amides is 3. The molecule has 6 nitrogen and oxygen atoms in total. The maximum atomic E-state index is 14.3. The number of nitrogens with one attached hydrogen (secondary N) is 1. The number of likely N-dealkylation sites (tertiary alicyclic amines) is 1. The van der Waals surface area contributed by atoms with Crippen molar-refractivity contribution < 1.29 is 14.4 Å². The molecule has 1 fully saturated rings. The van der Waals surface area contributed by atoms with Gasteiger partial charge in [-0.15, -0.1) is 0 Å². The second kappa shape index (κ2) is 9.82. The average Bonchev–Trinajstić information content (AvgIpc) is 3.25. The van der Waals surface area contributed by atoms with Gasteiger partial charge in [0.05, 0.1) is 30.2 Å². The molecule has 41 heavy (non-hydrogen) atoms. The molecule has 2 bridgehead atoms. The summed E-state index contributed by atoms with van der Waals surface area (Å²) in [5, 5.41) is 5.07. The van der Waals surface area contributed by atoms with Gasteiger partial charge in [0, 0.05) is 17.2 Å². The second-order valence-corrected chi connectivity index (χ2v) is 11.3. The van der Waals surface area contributed by atoms with Crippen LogP contribution in [-0.2, 0) is 32.8 Å². The van der Waals surface area contributed by atoms with Crippen molar-refractivity contribution in [2.24, 2.45) is 16.9 Å². The van der Waals surface area contributed by atoms with E-state index in [9.17, 15) is 14.4 Å². The summed E-state index contributed by atoms with van der Waals surface area (Å²) in [6.07, 6.45) is 1.82. The average molecular weight is 560 g/mol. The fourth-order valence-corrected chi connectivity index (χ4v) is 7.19. The Bertz CT molecular complexity index is 1670. The van der Waals surface area contributed by atoms with Crippen LogP contribution in [-0.4, -0.2) is 28.8 Å². The van der Waals surface area contributed by atoms with E-state index in [0.717, 1.165) is 33.4 Å². The van der Waals surface area contributed by atoms with Crippen molar-refractivity contribution in [3.63, 3.8) is 0 Å². The minimum absolute atomic E-state index is 0.130. The first-order valence-electron chi connectivity index (χ1n) is 13.6. The van der Waals surface area contributed by atoms with Gasteiger partial charge in [0.25, 0.3) is 0 Å². The van der Waals surface area contributed by atoms with Gasteiger partial charge in [0.1, 0.15) is 0 Å². The molecule has 3 aliphatic carbocycles. The lowest BCUT2D eigenvalue weighted by Crippen LogP contribution is -2.54. The molecule has 4 aromatic carbocycles. The lowest BCUT2D eigenvalue weighted by molar-refractivity contribution is -0.140. The van der Waals surface area contributed by atoms with Crippen molar-refractivity contribution in [2.45, 2.75) is 24.3 Å². The van der Waals surface area contributed by atoms with Crippen LogP contribution in [0.2, 0.25) is 5.02 Å². The molecule has 0 saturated carbocycles. The first-order valence-corrected chi connectivity index (χ1v) is 14.0. The topological polar surface area (TPSA) is 78.8 Å². The van der Waals surface area contributed by atoms with Crippen LogP contribution >= 0.6 is 11.6 Å². The summed E-state index contributed by atoms with van der Waals surface area (Å²) in [6.45, 7) is 0.218. The van der Waals surface area contributed by atoms with E-state index < -0.39 is 17.3 Å². The Kier molecular flexibility index (Phi) is 6.09. The number of halogens is 1. The van der Waals surface area contributed by atoms with E-state index in [-0.39, 0.29) is 36.6 Å². The fraction of sp³-hybridized carbons (Fsp3) is 0.176. The Morgan fingerprint density at radius 1 is 0.805 bits per heavy atom. The Morgan fingerprint density at radius 2 is 1.41 bits per heavy atom. The van der Waals surface area contributed by atoms with Crippen molar-refractivity contribution in [1.29, 1.82) is 0 Å². The highest BCUT2D eigenvalue weighted by molar-refractivity contribution is 6.30. The van der Waals surface area contributed by atoms with E-state index in [2.05, 4.69) is 10.5 Å². The highest BCUT2D eigenvalue weighted by atomic mass is 35.5. The lowest BCUT2D eigenvalue weighted by Gasteiger charge is -2.52. The number of hydrazone groups is 1. The quantitative estimate of drug-likeness (QED) is 0.200. The van der Waals surface area contributed by atoms with Gasteiger partial charge in [-0.1, -0.05) is 103 Å². The Balaban J connectivity index is 1.31. The largest absolute Gasteiger partial charge is 0.278 e. The molecule has 2 atom stereocenters. The number of carbonyl (C=O) groups excluding carboxylic acids is 3. The summed E-state index contributed by atoms with van der Waals surface area (Å²) in [5.74, 6) is -2.14. The van der Waals surface area contributed by atoms with Crippen molar-refractivity contribution in [2.75, 3.05) is 0 Å². The number of rotatable bonds is 6. The molecule has 7 heteroatoms. The molecule has 0 radical (unpaired) electrons. The summed E-state index contributed by atoms with van der Waals surface area (Å²) < 4.78 is 0. The fourth-order valence-electron chi connectivity index (χ4n) is 7.06. The number of carbonyl (C=O) groups is 3. The van der Waals surface area contributed by atoms with Gasteiger partial charge in [-0.05, 0) is 45.5 Å². The van der Waals surface area contributed by atoms with Gasteiger partial charge in [-0.3, -0.25) is 19.3 Å². The molecule has 0 spiro atoms.